The van der Waals surface area contributed by atoms with Crippen molar-refractivity contribution in [1.82, 2.24) is 4.90 Å². The Labute approximate surface area is 179 Å². The molecular formula is C21H15BrN2O6. The van der Waals surface area contributed by atoms with Crippen molar-refractivity contribution >= 4 is 39.8 Å². The molecule has 1 aliphatic rings. The zero-order chi connectivity index (χ0) is 22.0. The molecule has 1 aromatic heterocycles. The minimum absolute atomic E-state index is 0.0363. The summed E-state index contributed by atoms with van der Waals surface area (Å²) in [5.74, 6) is -2.02. The molecule has 0 fully saturated rings. The molecule has 0 aliphatic carbocycles. The highest BCUT2D eigenvalue weighted by atomic mass is 79.9. The number of furan rings is 1. The van der Waals surface area contributed by atoms with Crippen LogP contribution >= 0.6 is 15.9 Å². The Balaban J connectivity index is 2.07. The molecule has 0 saturated heterocycles. The minimum Gasteiger partial charge on any atom is -0.478 e. The van der Waals surface area contributed by atoms with Crippen LogP contribution in [0, 0.1) is 11.3 Å². The van der Waals surface area contributed by atoms with Gasteiger partial charge in [0.1, 0.15) is 23.2 Å². The number of hydrogen-bond acceptors (Lipinski definition) is 6. The fourth-order valence-electron chi connectivity index (χ4n) is 3.06. The lowest BCUT2D eigenvalue weighted by molar-refractivity contribution is -0.141. The third-order valence-corrected chi connectivity index (χ3v) is 5.03. The van der Waals surface area contributed by atoms with Gasteiger partial charge in [-0.1, -0.05) is 15.9 Å². The van der Waals surface area contributed by atoms with Crippen LogP contribution in [0.1, 0.15) is 23.0 Å². The average molecular weight is 471 g/mol. The number of aliphatic hydroxyl groups excluding tert-OH is 1. The summed E-state index contributed by atoms with van der Waals surface area (Å²) in [6, 6.07) is 9.64. The summed E-state index contributed by atoms with van der Waals surface area (Å²) in [5.41, 5.74) is 0.480. The van der Waals surface area contributed by atoms with Crippen LogP contribution in [0.25, 0.3) is 17.4 Å². The SMILES string of the molecule is CC1=C(C#N)C(=O)N(CCO)C(=O)/C1=C/c1ccc(-c2ccc(Br)cc2C(=O)O)o1. The quantitative estimate of drug-likeness (QED) is 0.506. The first kappa shape index (κ1) is 21.2. The van der Waals surface area contributed by atoms with Crippen LogP contribution in [0.4, 0.5) is 0 Å². The van der Waals surface area contributed by atoms with Gasteiger partial charge < -0.3 is 14.6 Å². The van der Waals surface area contributed by atoms with Gasteiger partial charge in [0.15, 0.2) is 0 Å². The number of aliphatic hydroxyl groups is 1. The van der Waals surface area contributed by atoms with Crippen molar-refractivity contribution in [2.75, 3.05) is 13.2 Å². The lowest BCUT2D eigenvalue weighted by Gasteiger charge is -2.26. The molecule has 2 amide bonds. The van der Waals surface area contributed by atoms with E-state index in [9.17, 15) is 24.8 Å². The van der Waals surface area contributed by atoms with E-state index in [1.807, 2.05) is 0 Å². The number of carboxylic acid groups (broad SMARTS) is 1. The molecule has 2 heterocycles. The fraction of sp³-hybridized carbons (Fsp3) is 0.143. The smallest absolute Gasteiger partial charge is 0.336 e. The van der Waals surface area contributed by atoms with Crippen LogP contribution in [0.3, 0.4) is 0 Å². The number of nitriles is 1. The van der Waals surface area contributed by atoms with Crippen molar-refractivity contribution in [2.24, 2.45) is 0 Å². The predicted octanol–water partition coefficient (Wildman–Crippen LogP) is 2.99. The summed E-state index contributed by atoms with van der Waals surface area (Å²) in [6.45, 7) is 0.810. The van der Waals surface area contributed by atoms with Crippen molar-refractivity contribution in [2.45, 2.75) is 6.92 Å². The first-order valence-electron chi connectivity index (χ1n) is 8.71. The lowest BCUT2D eigenvalue weighted by Crippen LogP contribution is -2.44. The molecule has 1 aliphatic heterocycles. The van der Waals surface area contributed by atoms with E-state index >= 15 is 0 Å². The van der Waals surface area contributed by atoms with Crippen molar-refractivity contribution < 1.29 is 29.0 Å². The second-order valence-electron chi connectivity index (χ2n) is 6.35. The van der Waals surface area contributed by atoms with E-state index < -0.39 is 24.4 Å². The second-order valence-corrected chi connectivity index (χ2v) is 7.27. The number of aromatic carboxylic acids is 1. The van der Waals surface area contributed by atoms with Gasteiger partial charge in [-0.2, -0.15) is 5.26 Å². The summed E-state index contributed by atoms with van der Waals surface area (Å²) >= 11 is 3.23. The Morgan fingerprint density at radius 2 is 2.00 bits per heavy atom. The maximum atomic E-state index is 12.7. The normalized spacial score (nSPS) is 15.7. The first-order chi connectivity index (χ1) is 14.3. The van der Waals surface area contributed by atoms with Gasteiger partial charge in [0.2, 0.25) is 0 Å². The lowest BCUT2D eigenvalue weighted by atomic mass is 9.95. The maximum absolute atomic E-state index is 12.7. The van der Waals surface area contributed by atoms with Gasteiger partial charge in [-0.3, -0.25) is 14.5 Å². The molecular weight excluding hydrogens is 456 g/mol. The molecule has 0 spiro atoms. The summed E-state index contributed by atoms with van der Waals surface area (Å²) in [4.78, 5) is 37.3. The Morgan fingerprint density at radius 3 is 2.63 bits per heavy atom. The molecule has 0 atom stereocenters. The van der Waals surface area contributed by atoms with Gasteiger partial charge in [-0.05, 0) is 48.9 Å². The van der Waals surface area contributed by atoms with Gasteiger partial charge in [0.25, 0.3) is 11.8 Å². The van der Waals surface area contributed by atoms with Crippen LogP contribution in [0.15, 0.2) is 55.9 Å². The topological polar surface area (TPSA) is 132 Å². The number of imide groups is 1. The molecule has 0 unspecified atom stereocenters. The molecule has 1 aromatic carbocycles. The third-order valence-electron chi connectivity index (χ3n) is 4.54. The standard InChI is InChI=1S/C21H15BrN2O6/c1-11-15(19(26)24(6-7-25)20(27)17(11)10-23)9-13-3-5-18(30-13)14-4-2-12(22)8-16(14)21(28)29/h2-5,8-9,25H,6-7H2,1H3,(H,28,29)/b15-9+. The van der Waals surface area contributed by atoms with Crippen molar-refractivity contribution in [1.29, 1.82) is 5.26 Å². The zero-order valence-electron chi connectivity index (χ0n) is 15.7. The van der Waals surface area contributed by atoms with Crippen LogP contribution in [0.2, 0.25) is 0 Å². The molecule has 0 bridgehead atoms. The molecule has 9 heteroatoms. The summed E-state index contributed by atoms with van der Waals surface area (Å²) in [6.07, 6.45) is 1.38. The van der Waals surface area contributed by atoms with Gasteiger partial charge in [0, 0.05) is 15.6 Å². The van der Waals surface area contributed by atoms with E-state index in [4.69, 9.17) is 9.52 Å². The number of rotatable bonds is 5. The van der Waals surface area contributed by atoms with E-state index in [2.05, 4.69) is 15.9 Å². The number of benzene rings is 1. The molecule has 0 saturated carbocycles. The van der Waals surface area contributed by atoms with E-state index in [1.54, 1.807) is 30.3 Å². The molecule has 3 rings (SSSR count). The predicted molar refractivity (Wildman–Crippen MR) is 109 cm³/mol. The minimum atomic E-state index is -1.12. The monoisotopic (exact) mass is 470 g/mol. The van der Waals surface area contributed by atoms with E-state index in [-0.39, 0.29) is 40.3 Å². The first-order valence-corrected chi connectivity index (χ1v) is 9.51. The Hall–Kier alpha value is -3.48. The van der Waals surface area contributed by atoms with Gasteiger partial charge in [-0.15, -0.1) is 0 Å². The molecule has 2 aromatic rings. The number of carbonyl (C=O) groups excluding carboxylic acids is 2. The molecule has 30 heavy (non-hydrogen) atoms. The summed E-state index contributed by atoms with van der Waals surface area (Å²) in [7, 11) is 0. The second kappa shape index (κ2) is 8.49. The highest BCUT2D eigenvalue weighted by Crippen LogP contribution is 2.31. The van der Waals surface area contributed by atoms with Crippen molar-refractivity contribution in [3.63, 3.8) is 0 Å². The van der Waals surface area contributed by atoms with Crippen LogP contribution in [-0.4, -0.2) is 46.0 Å². The number of carbonyl (C=O) groups is 3. The van der Waals surface area contributed by atoms with E-state index in [1.165, 1.54) is 19.1 Å². The molecule has 2 N–H and O–H groups in total. The molecule has 8 nitrogen and oxygen atoms in total. The fourth-order valence-corrected chi connectivity index (χ4v) is 3.42. The van der Waals surface area contributed by atoms with Gasteiger partial charge >= 0.3 is 5.97 Å². The van der Waals surface area contributed by atoms with E-state index in [0.717, 1.165) is 4.90 Å². The number of hydrogen-bond donors (Lipinski definition) is 2. The Kier molecular flexibility index (Phi) is 6.01. The number of β-amino-alcohol motifs (C(OH)–C–C–N with tert-alkyl or cyclic N) is 1. The number of halogens is 1. The molecule has 152 valence electrons. The highest BCUT2D eigenvalue weighted by molar-refractivity contribution is 9.10. The van der Waals surface area contributed by atoms with Crippen LogP contribution < -0.4 is 0 Å². The Morgan fingerprint density at radius 1 is 1.27 bits per heavy atom. The third kappa shape index (κ3) is 3.83. The number of carboxylic acids is 1. The number of nitrogens with zero attached hydrogens (tertiary/aromatic N) is 2. The summed E-state index contributed by atoms with van der Waals surface area (Å²) < 4.78 is 6.33. The maximum Gasteiger partial charge on any atom is 0.336 e. The summed E-state index contributed by atoms with van der Waals surface area (Å²) in [5, 5.41) is 27.9. The Bertz CT molecular complexity index is 1170. The molecule has 0 radical (unpaired) electrons. The van der Waals surface area contributed by atoms with Gasteiger partial charge in [0.05, 0.1) is 18.7 Å². The van der Waals surface area contributed by atoms with E-state index in [0.29, 0.717) is 10.0 Å². The van der Waals surface area contributed by atoms with Crippen molar-refractivity contribution in [3.8, 4) is 17.4 Å². The highest BCUT2D eigenvalue weighted by Gasteiger charge is 2.35. The van der Waals surface area contributed by atoms with Crippen LogP contribution in [-0.2, 0) is 9.59 Å². The van der Waals surface area contributed by atoms with Crippen LogP contribution in [0.5, 0.6) is 0 Å². The average Bonchev–Trinajstić information content (AvgIpc) is 3.17. The van der Waals surface area contributed by atoms with Crippen molar-refractivity contribution in [3.05, 3.63) is 62.8 Å². The van der Waals surface area contributed by atoms with Gasteiger partial charge in [-0.25, -0.2) is 4.79 Å². The zero-order valence-corrected chi connectivity index (χ0v) is 17.3. The number of amides is 2. The largest absolute Gasteiger partial charge is 0.478 e.